The third kappa shape index (κ3) is 9.25. The van der Waals surface area contributed by atoms with Crippen molar-refractivity contribution >= 4 is 50.3 Å². The molecule has 3 unspecified atom stereocenters. The van der Waals surface area contributed by atoms with Crippen molar-refractivity contribution < 1.29 is 23.0 Å². The summed E-state index contributed by atoms with van der Waals surface area (Å²) in [5.41, 5.74) is 1.80. The quantitative estimate of drug-likeness (QED) is 0.0392. The standard InChI is InChI=1S/C42H52N7O6PSSi/c1-28(2)37(50)46-40-45-36-34(38(51)47-40)44-27-49(36)39-35(55-58(6,7)41(3,4)5)33(32(54-39)26-53-56(57)52-25-17-24-43)48-42(29-18-11-8-12-19-29,30-20-13-9-14-21-30)31-22-15-10-16-23-31/h8-16,18-23,27-28,32-33,35,39,48,56H,17,25-26H2,1-7H3,(H2,45,46,47,50,51)/t32?,33-,35?,39+/m0/s1. The Morgan fingerprint density at radius 1 is 1.00 bits per heavy atom. The van der Waals surface area contributed by atoms with Gasteiger partial charge in [-0.2, -0.15) is 10.2 Å². The molecule has 3 aromatic carbocycles. The molecule has 3 heterocycles. The monoisotopic (exact) mass is 841 g/mol. The molecule has 0 saturated carbocycles. The molecule has 1 saturated heterocycles. The molecule has 2 aromatic heterocycles. The van der Waals surface area contributed by atoms with Gasteiger partial charge in [0.15, 0.2) is 32.9 Å². The molecule has 1 aliphatic rings. The lowest BCUT2D eigenvalue weighted by Crippen LogP contribution is -2.59. The van der Waals surface area contributed by atoms with Crippen LogP contribution in [-0.2, 0) is 40.4 Å². The molecule has 6 rings (SSSR count). The zero-order valence-corrected chi connectivity index (χ0v) is 36.7. The minimum absolute atomic E-state index is 0.00325. The Hall–Kier alpha value is -4.36. The maximum Gasteiger partial charge on any atom is 0.280 e. The topological polar surface area (TPSA) is 165 Å². The highest BCUT2D eigenvalue weighted by Gasteiger charge is 2.54. The summed E-state index contributed by atoms with van der Waals surface area (Å²) >= 11 is 5.63. The van der Waals surface area contributed by atoms with E-state index in [-0.39, 0.29) is 53.6 Å². The number of amides is 1. The fourth-order valence-electron chi connectivity index (χ4n) is 6.79. The Morgan fingerprint density at radius 3 is 2.09 bits per heavy atom. The third-order valence-electron chi connectivity index (χ3n) is 10.9. The van der Waals surface area contributed by atoms with E-state index in [2.05, 4.69) is 96.9 Å². The van der Waals surface area contributed by atoms with Crippen LogP contribution in [0.25, 0.3) is 11.2 Å². The lowest BCUT2D eigenvalue weighted by atomic mass is 9.76. The number of benzene rings is 3. The predicted molar refractivity (Wildman–Crippen MR) is 232 cm³/mol. The van der Waals surface area contributed by atoms with Gasteiger partial charge in [-0.15, -0.1) is 0 Å². The van der Waals surface area contributed by atoms with E-state index in [1.807, 2.05) is 54.6 Å². The van der Waals surface area contributed by atoms with E-state index in [9.17, 15) is 9.59 Å². The zero-order valence-electron chi connectivity index (χ0n) is 33.9. The number of H-pyrrole nitrogens is 1. The van der Waals surface area contributed by atoms with Crippen LogP contribution < -0.4 is 16.2 Å². The smallest absolute Gasteiger partial charge is 0.280 e. The molecule has 0 spiro atoms. The molecule has 0 radical (unpaired) electrons. The molecular weight excluding hydrogens is 790 g/mol. The van der Waals surface area contributed by atoms with Gasteiger partial charge in [-0.05, 0) is 46.6 Å². The van der Waals surface area contributed by atoms with E-state index in [1.54, 1.807) is 18.4 Å². The number of aromatic nitrogens is 4. The van der Waals surface area contributed by atoms with Gasteiger partial charge in [0.2, 0.25) is 11.9 Å². The summed E-state index contributed by atoms with van der Waals surface area (Å²) in [6.07, 6.45) is -0.570. The van der Waals surface area contributed by atoms with E-state index in [4.69, 9.17) is 40.3 Å². The number of carbonyl (C=O) groups excluding carboxylic acids is 1. The average Bonchev–Trinajstić information content (AvgIpc) is 3.77. The molecule has 306 valence electrons. The second-order valence-corrected chi connectivity index (χ2v) is 23.0. The van der Waals surface area contributed by atoms with Crippen molar-refractivity contribution in [1.82, 2.24) is 24.8 Å². The number of anilines is 1. The van der Waals surface area contributed by atoms with Gasteiger partial charge in [-0.1, -0.05) is 126 Å². The summed E-state index contributed by atoms with van der Waals surface area (Å²) in [6.45, 7) is 14.6. The van der Waals surface area contributed by atoms with E-state index in [0.29, 0.717) is 0 Å². The van der Waals surface area contributed by atoms with Crippen LogP contribution >= 0.6 is 7.15 Å². The highest BCUT2D eigenvalue weighted by molar-refractivity contribution is 8.00. The van der Waals surface area contributed by atoms with Crippen molar-refractivity contribution in [1.29, 1.82) is 5.26 Å². The number of nitrogens with zero attached hydrogens (tertiary/aromatic N) is 4. The van der Waals surface area contributed by atoms with Gasteiger partial charge in [0.05, 0.1) is 43.6 Å². The van der Waals surface area contributed by atoms with Crippen LogP contribution in [0.3, 0.4) is 0 Å². The normalized spacial score (nSPS) is 19.3. The van der Waals surface area contributed by atoms with Crippen molar-refractivity contribution in [3.8, 4) is 6.07 Å². The fourth-order valence-corrected chi connectivity index (χ4v) is 9.19. The van der Waals surface area contributed by atoms with Crippen LogP contribution in [0.15, 0.2) is 102 Å². The molecule has 1 fully saturated rings. The molecular formula is C42H52N7O6PSSi. The van der Waals surface area contributed by atoms with Crippen molar-refractivity contribution in [2.75, 3.05) is 18.5 Å². The molecule has 3 N–H and O–H groups in total. The van der Waals surface area contributed by atoms with Crippen LogP contribution in [0, 0.1) is 17.2 Å². The molecule has 0 aliphatic carbocycles. The first-order valence-electron chi connectivity index (χ1n) is 19.4. The van der Waals surface area contributed by atoms with Crippen molar-refractivity contribution in [3.05, 3.63) is 124 Å². The molecule has 1 aliphatic heterocycles. The highest BCUT2D eigenvalue weighted by atomic mass is 32.4. The number of nitriles is 1. The van der Waals surface area contributed by atoms with Crippen LogP contribution in [-0.4, -0.2) is 65.2 Å². The summed E-state index contributed by atoms with van der Waals surface area (Å²) in [6, 6.07) is 32.3. The van der Waals surface area contributed by atoms with Gasteiger partial charge < -0.3 is 18.2 Å². The Balaban J connectivity index is 1.57. The van der Waals surface area contributed by atoms with Gasteiger partial charge in [0.1, 0.15) is 12.2 Å². The van der Waals surface area contributed by atoms with Crippen molar-refractivity contribution in [3.63, 3.8) is 0 Å². The number of hydrogen-bond donors (Lipinski definition) is 3. The Kier molecular flexibility index (Phi) is 13.6. The summed E-state index contributed by atoms with van der Waals surface area (Å²) in [5.74, 6) is -0.654. The molecule has 1 amide bonds. The third-order valence-corrected chi connectivity index (χ3v) is 16.9. The second-order valence-electron chi connectivity index (χ2n) is 16.1. The van der Waals surface area contributed by atoms with Crippen molar-refractivity contribution in [2.45, 2.75) is 89.2 Å². The maximum atomic E-state index is 13.4. The fraction of sp³-hybridized carbons (Fsp3) is 0.405. The minimum Gasteiger partial charge on any atom is -0.408 e. The van der Waals surface area contributed by atoms with E-state index in [1.165, 1.54) is 6.33 Å². The molecule has 58 heavy (non-hydrogen) atoms. The average molecular weight is 842 g/mol. The Morgan fingerprint density at radius 2 is 1.57 bits per heavy atom. The summed E-state index contributed by atoms with van der Waals surface area (Å²) in [7, 11) is -4.81. The predicted octanol–water partition coefficient (Wildman–Crippen LogP) is 7.41. The van der Waals surface area contributed by atoms with Gasteiger partial charge in [-0.25, -0.2) is 4.98 Å². The molecule has 5 atom stereocenters. The van der Waals surface area contributed by atoms with E-state index >= 15 is 0 Å². The van der Waals surface area contributed by atoms with Gasteiger partial charge in [0, 0.05) is 5.92 Å². The number of ether oxygens (including phenoxy) is 1. The highest BCUT2D eigenvalue weighted by Crippen LogP contribution is 2.46. The number of imidazole rings is 1. The molecule has 0 bridgehead atoms. The second kappa shape index (κ2) is 18.3. The van der Waals surface area contributed by atoms with Crippen LogP contribution in [0.1, 0.15) is 64.0 Å². The van der Waals surface area contributed by atoms with Crippen LogP contribution in [0.4, 0.5) is 5.95 Å². The lowest BCUT2D eigenvalue weighted by molar-refractivity contribution is -0.118. The summed E-state index contributed by atoms with van der Waals surface area (Å²) in [5, 5.41) is 15.7. The first kappa shape index (κ1) is 43.2. The number of nitrogens with one attached hydrogen (secondary N) is 3. The first-order valence-corrected chi connectivity index (χ1v) is 24.7. The summed E-state index contributed by atoms with van der Waals surface area (Å²) < 4.78 is 28.3. The first-order chi connectivity index (χ1) is 27.7. The largest absolute Gasteiger partial charge is 0.408 e. The Bertz CT molecular complexity index is 2200. The minimum atomic E-state index is -2.61. The van der Waals surface area contributed by atoms with Crippen LogP contribution in [0.2, 0.25) is 18.1 Å². The number of hydrogen-bond acceptors (Lipinski definition) is 11. The van der Waals surface area contributed by atoms with E-state index < -0.39 is 51.0 Å². The maximum absolute atomic E-state index is 13.4. The number of rotatable bonds is 16. The Labute approximate surface area is 346 Å². The van der Waals surface area contributed by atoms with Crippen molar-refractivity contribution in [2.24, 2.45) is 5.92 Å². The number of carbonyl (C=O) groups is 1. The van der Waals surface area contributed by atoms with Gasteiger partial charge >= 0.3 is 0 Å². The number of aromatic amines is 1. The zero-order chi connectivity index (χ0) is 41.7. The summed E-state index contributed by atoms with van der Waals surface area (Å²) in [4.78, 5) is 38.0. The van der Waals surface area contributed by atoms with Crippen LogP contribution in [0.5, 0.6) is 0 Å². The van der Waals surface area contributed by atoms with Gasteiger partial charge in [0.25, 0.3) is 5.56 Å². The molecule has 13 nitrogen and oxygen atoms in total. The van der Waals surface area contributed by atoms with Gasteiger partial charge in [-0.3, -0.25) is 29.8 Å². The number of fused-ring (bicyclic) bond motifs is 1. The molecule has 16 heteroatoms. The molecule has 5 aromatic rings. The SMILES string of the molecule is CC(C)C(=O)Nc1nc2c(ncn2[C@@H]2OC(CO[PH](=S)OCCC#N)[C@H](NC(c3ccccc3)(c3ccccc3)c3ccccc3)C2O[Si](C)(C)C(C)(C)C)c(=O)[nH]1. The lowest BCUT2D eigenvalue weighted by Gasteiger charge is -2.44. The van der Waals surface area contributed by atoms with E-state index in [0.717, 1.165) is 16.7 Å².